The number of imidazole rings is 1. The van der Waals surface area contributed by atoms with E-state index in [1.54, 1.807) is 28.1 Å². The number of ether oxygens (including phenoxy) is 1. The number of hydrogen-bond donors (Lipinski definition) is 1. The van der Waals surface area contributed by atoms with Crippen molar-refractivity contribution in [2.45, 2.75) is 13.3 Å². The molecule has 3 aromatic rings. The number of aromatic nitrogens is 4. The van der Waals surface area contributed by atoms with Crippen LogP contribution in [0.2, 0.25) is 0 Å². The summed E-state index contributed by atoms with van der Waals surface area (Å²) < 4.78 is 7.49. The number of nitrogens with zero attached hydrogens (tertiary/aromatic N) is 4. The van der Waals surface area contributed by atoms with Crippen molar-refractivity contribution in [3.05, 3.63) is 34.7 Å². The molecule has 0 spiro atoms. The summed E-state index contributed by atoms with van der Waals surface area (Å²) in [7, 11) is 0. The molecule has 19 heavy (non-hydrogen) atoms. The molecular formula is C12H13N5OS. The first kappa shape index (κ1) is 11.9. The summed E-state index contributed by atoms with van der Waals surface area (Å²) in [5.74, 6) is 0.877. The monoisotopic (exact) mass is 275 g/mol. The molecule has 0 aliphatic rings. The van der Waals surface area contributed by atoms with Crippen molar-refractivity contribution in [1.82, 2.24) is 19.4 Å². The quantitative estimate of drug-likeness (QED) is 0.784. The fraction of sp³-hybridized carbons (Fsp3) is 0.250. The Bertz CT molecular complexity index is 705. The van der Waals surface area contributed by atoms with Crippen molar-refractivity contribution in [2.24, 2.45) is 0 Å². The summed E-state index contributed by atoms with van der Waals surface area (Å²) in [6.07, 6.45) is 6.02. The Morgan fingerprint density at radius 1 is 1.42 bits per heavy atom. The van der Waals surface area contributed by atoms with Gasteiger partial charge >= 0.3 is 0 Å². The van der Waals surface area contributed by atoms with Crippen LogP contribution in [0.1, 0.15) is 10.6 Å². The van der Waals surface area contributed by atoms with Gasteiger partial charge in [-0.25, -0.2) is 9.97 Å². The molecule has 3 aromatic heterocycles. The third kappa shape index (κ3) is 2.37. The number of nitrogen functional groups attached to an aromatic ring is 1. The van der Waals surface area contributed by atoms with Crippen LogP contribution in [0.15, 0.2) is 24.1 Å². The van der Waals surface area contributed by atoms with Crippen molar-refractivity contribution < 1.29 is 4.74 Å². The highest BCUT2D eigenvalue weighted by Gasteiger charge is 2.08. The van der Waals surface area contributed by atoms with Crippen molar-refractivity contribution in [3.8, 4) is 5.88 Å². The molecule has 0 aliphatic heterocycles. The molecule has 0 aromatic carbocycles. The minimum atomic E-state index is 0.412. The van der Waals surface area contributed by atoms with E-state index in [0.717, 1.165) is 12.1 Å². The molecule has 0 unspecified atom stereocenters. The minimum Gasteiger partial charge on any atom is -0.475 e. The van der Waals surface area contributed by atoms with Crippen LogP contribution in [-0.2, 0) is 6.42 Å². The third-order valence-electron chi connectivity index (χ3n) is 2.77. The standard InChI is InChI=1S/C12H13N5OS/c1-8-9(19-7-15-8)2-5-18-12-11-14-3-4-17(11)6-10(13)16-12/h3-4,6-7H,2,5,13H2,1H3. The molecule has 0 radical (unpaired) electrons. The first-order valence-corrected chi connectivity index (χ1v) is 6.73. The molecule has 0 bridgehead atoms. The SMILES string of the molecule is Cc1ncsc1CCOc1nc(N)cn2ccnc12. The van der Waals surface area contributed by atoms with Crippen LogP contribution in [0.5, 0.6) is 5.88 Å². The Morgan fingerprint density at radius 3 is 3.11 bits per heavy atom. The fourth-order valence-corrected chi connectivity index (χ4v) is 2.59. The molecule has 2 N–H and O–H groups in total. The molecule has 6 nitrogen and oxygen atoms in total. The van der Waals surface area contributed by atoms with Gasteiger partial charge in [-0.1, -0.05) is 0 Å². The number of fused-ring (bicyclic) bond motifs is 1. The molecule has 0 aliphatic carbocycles. The average Bonchev–Trinajstić information content (AvgIpc) is 2.98. The predicted molar refractivity (Wildman–Crippen MR) is 73.4 cm³/mol. The minimum absolute atomic E-state index is 0.412. The Labute approximate surface area is 113 Å². The topological polar surface area (TPSA) is 78.3 Å². The van der Waals surface area contributed by atoms with Crippen molar-refractivity contribution >= 4 is 22.8 Å². The highest BCUT2D eigenvalue weighted by atomic mass is 32.1. The third-order valence-corrected chi connectivity index (χ3v) is 3.77. The summed E-state index contributed by atoms with van der Waals surface area (Å²) >= 11 is 1.64. The lowest BCUT2D eigenvalue weighted by molar-refractivity contribution is 0.312. The maximum atomic E-state index is 5.73. The molecule has 3 heterocycles. The van der Waals surface area contributed by atoms with Crippen molar-refractivity contribution in [1.29, 1.82) is 0 Å². The molecule has 0 saturated carbocycles. The number of hydrogen-bond acceptors (Lipinski definition) is 6. The van der Waals surface area contributed by atoms with Gasteiger partial charge in [0.15, 0.2) is 0 Å². The van der Waals surface area contributed by atoms with E-state index in [0.29, 0.717) is 24.0 Å². The fourth-order valence-electron chi connectivity index (χ4n) is 1.82. The van der Waals surface area contributed by atoms with Gasteiger partial charge in [0.05, 0.1) is 24.0 Å². The first-order valence-electron chi connectivity index (χ1n) is 5.85. The Morgan fingerprint density at radius 2 is 2.32 bits per heavy atom. The lowest BCUT2D eigenvalue weighted by Gasteiger charge is -2.06. The van der Waals surface area contributed by atoms with Crippen LogP contribution in [0.3, 0.4) is 0 Å². The van der Waals surface area contributed by atoms with Gasteiger partial charge in [0.1, 0.15) is 5.82 Å². The molecule has 0 fully saturated rings. The lowest BCUT2D eigenvalue weighted by Crippen LogP contribution is -2.06. The normalized spacial score (nSPS) is 11.0. The maximum Gasteiger partial charge on any atom is 0.260 e. The second kappa shape index (κ2) is 4.85. The Hall–Kier alpha value is -2.15. The molecule has 0 saturated heterocycles. The lowest BCUT2D eigenvalue weighted by atomic mass is 10.3. The highest BCUT2D eigenvalue weighted by molar-refractivity contribution is 7.09. The largest absolute Gasteiger partial charge is 0.475 e. The molecule has 3 rings (SSSR count). The number of rotatable bonds is 4. The number of aryl methyl sites for hydroxylation is 1. The van der Waals surface area contributed by atoms with Crippen LogP contribution in [0, 0.1) is 6.92 Å². The second-order valence-electron chi connectivity index (χ2n) is 4.09. The number of nitrogens with two attached hydrogens (primary N) is 1. The zero-order chi connectivity index (χ0) is 13.2. The summed E-state index contributed by atoms with van der Waals surface area (Å²) in [5.41, 5.74) is 9.30. The van der Waals surface area contributed by atoms with E-state index in [9.17, 15) is 0 Å². The number of thiazole rings is 1. The van der Waals surface area contributed by atoms with Gasteiger partial charge in [-0.3, -0.25) is 4.40 Å². The molecule has 0 amide bonds. The van der Waals surface area contributed by atoms with Gasteiger partial charge in [0.25, 0.3) is 5.88 Å². The van der Waals surface area contributed by atoms with Crippen LogP contribution < -0.4 is 10.5 Å². The maximum absolute atomic E-state index is 5.73. The van der Waals surface area contributed by atoms with Gasteiger partial charge < -0.3 is 10.5 Å². The molecular weight excluding hydrogens is 262 g/mol. The van der Waals surface area contributed by atoms with E-state index in [-0.39, 0.29) is 0 Å². The van der Waals surface area contributed by atoms with Gasteiger partial charge in [-0.15, -0.1) is 11.3 Å². The summed E-state index contributed by atoms with van der Waals surface area (Å²) in [6, 6.07) is 0. The summed E-state index contributed by atoms with van der Waals surface area (Å²) in [6.45, 7) is 2.53. The average molecular weight is 275 g/mol. The highest BCUT2D eigenvalue weighted by Crippen LogP contribution is 2.18. The second-order valence-corrected chi connectivity index (χ2v) is 5.03. The molecule has 7 heteroatoms. The number of anilines is 1. The summed E-state index contributed by atoms with van der Waals surface area (Å²) in [5, 5.41) is 0. The Kier molecular flexibility index (Phi) is 3.04. The van der Waals surface area contributed by atoms with Gasteiger partial charge in [0.2, 0.25) is 5.65 Å². The molecule has 0 atom stereocenters. The van der Waals surface area contributed by atoms with E-state index in [2.05, 4.69) is 15.0 Å². The molecule has 98 valence electrons. The van der Waals surface area contributed by atoms with E-state index >= 15 is 0 Å². The summed E-state index contributed by atoms with van der Waals surface area (Å²) in [4.78, 5) is 13.8. The van der Waals surface area contributed by atoms with Gasteiger partial charge in [0, 0.05) is 23.7 Å². The van der Waals surface area contributed by atoms with E-state index < -0.39 is 0 Å². The zero-order valence-electron chi connectivity index (χ0n) is 10.4. The predicted octanol–water partition coefficient (Wildman–Crippen LogP) is 1.70. The van der Waals surface area contributed by atoms with Gasteiger partial charge in [-0.05, 0) is 6.92 Å². The van der Waals surface area contributed by atoms with Crippen molar-refractivity contribution in [2.75, 3.05) is 12.3 Å². The van der Waals surface area contributed by atoms with Crippen LogP contribution >= 0.6 is 11.3 Å². The van der Waals surface area contributed by atoms with Gasteiger partial charge in [-0.2, -0.15) is 4.98 Å². The Balaban J connectivity index is 1.75. The van der Waals surface area contributed by atoms with Crippen LogP contribution in [0.4, 0.5) is 5.82 Å². The first-order chi connectivity index (χ1) is 9.24. The van der Waals surface area contributed by atoms with Crippen molar-refractivity contribution in [3.63, 3.8) is 0 Å². The van der Waals surface area contributed by atoms with Crippen LogP contribution in [-0.4, -0.2) is 26.0 Å². The zero-order valence-corrected chi connectivity index (χ0v) is 11.2. The van der Waals surface area contributed by atoms with E-state index in [1.165, 1.54) is 4.88 Å². The van der Waals surface area contributed by atoms with E-state index in [1.807, 2.05) is 18.6 Å². The smallest absolute Gasteiger partial charge is 0.260 e. The van der Waals surface area contributed by atoms with Crippen LogP contribution in [0.25, 0.3) is 5.65 Å². The van der Waals surface area contributed by atoms with E-state index in [4.69, 9.17) is 10.5 Å².